The lowest BCUT2D eigenvalue weighted by Gasteiger charge is -2.38. The molecule has 12 nitrogen and oxygen atoms in total. The van der Waals surface area contributed by atoms with Crippen molar-refractivity contribution < 1.29 is 29.0 Å². The second-order valence-corrected chi connectivity index (χ2v) is 12.3. The topological polar surface area (TPSA) is 166 Å². The highest BCUT2D eigenvalue weighted by Gasteiger charge is 2.34. The number of nitrogens with one attached hydrogen (secondary N) is 3. The molecule has 48 heavy (non-hydrogen) atoms. The lowest BCUT2D eigenvalue weighted by molar-refractivity contribution is -0.116. The number of anilines is 4. The Morgan fingerprint density at radius 3 is 2.29 bits per heavy atom. The van der Waals surface area contributed by atoms with Gasteiger partial charge < -0.3 is 41.3 Å². The monoisotopic (exact) mass is 658 g/mol. The zero-order chi connectivity index (χ0) is 34.6. The number of hydrogen-bond donors (Lipinski definition) is 5. The lowest BCUT2D eigenvalue weighted by atomic mass is 9.99. The molecule has 0 aliphatic carbocycles. The predicted octanol–water partition coefficient (Wildman–Crippen LogP) is 5.18. The quantitative estimate of drug-likeness (QED) is 0.125. The SMILES string of the molecule is C[C@@H]1CN([C@@H](C)CO)C(=O)c2cc(NC(=O)CCCCCC(=O)Nc3ccccc3N)ccc2O[C@H]1CN(C)C(=O)Nc1ccccc1. The summed E-state index contributed by atoms with van der Waals surface area (Å²) in [4.78, 5) is 54.9. The fourth-order valence-electron chi connectivity index (χ4n) is 5.41. The van der Waals surface area contributed by atoms with Crippen LogP contribution in [0.1, 0.15) is 56.3 Å². The number of nitrogen functional groups attached to an aromatic ring is 1. The van der Waals surface area contributed by atoms with Crippen molar-refractivity contribution in [1.82, 2.24) is 9.80 Å². The minimum atomic E-state index is -0.468. The molecule has 0 radical (unpaired) electrons. The van der Waals surface area contributed by atoms with E-state index < -0.39 is 12.1 Å². The Hall–Kier alpha value is -5.10. The summed E-state index contributed by atoms with van der Waals surface area (Å²) in [6, 6.07) is 20.4. The molecule has 4 rings (SSSR count). The van der Waals surface area contributed by atoms with Crippen LogP contribution in [0.3, 0.4) is 0 Å². The third-order valence-corrected chi connectivity index (χ3v) is 8.32. The number of carbonyl (C=O) groups excluding carboxylic acids is 4. The van der Waals surface area contributed by atoms with E-state index in [1.807, 2.05) is 25.1 Å². The van der Waals surface area contributed by atoms with Gasteiger partial charge in [0, 0.05) is 43.7 Å². The first kappa shape index (κ1) is 35.7. The normalized spacial score (nSPS) is 16.4. The molecular formula is C36H46N6O6. The Balaban J connectivity index is 1.36. The van der Waals surface area contributed by atoms with Crippen LogP contribution in [0, 0.1) is 5.92 Å². The number of hydrogen-bond acceptors (Lipinski definition) is 7. The summed E-state index contributed by atoms with van der Waals surface area (Å²) in [5.74, 6) is -0.511. The molecule has 256 valence electrons. The van der Waals surface area contributed by atoms with Gasteiger partial charge in [-0.05, 0) is 62.2 Å². The number of urea groups is 1. The highest BCUT2D eigenvalue weighted by Crippen LogP contribution is 2.31. The van der Waals surface area contributed by atoms with Crippen LogP contribution in [0.2, 0.25) is 0 Å². The molecule has 0 fully saturated rings. The van der Waals surface area contributed by atoms with Crippen molar-refractivity contribution in [1.29, 1.82) is 0 Å². The van der Waals surface area contributed by atoms with Crippen LogP contribution in [0.4, 0.5) is 27.5 Å². The molecule has 3 aromatic carbocycles. The molecule has 1 aliphatic rings. The zero-order valence-electron chi connectivity index (χ0n) is 27.8. The summed E-state index contributed by atoms with van der Waals surface area (Å²) in [6.07, 6.45) is 2.00. The first-order valence-corrected chi connectivity index (χ1v) is 16.3. The van der Waals surface area contributed by atoms with Crippen molar-refractivity contribution in [2.24, 2.45) is 5.92 Å². The van der Waals surface area contributed by atoms with Gasteiger partial charge >= 0.3 is 6.03 Å². The van der Waals surface area contributed by atoms with Crippen molar-refractivity contribution in [2.45, 2.75) is 58.1 Å². The standard InChI is InChI=1S/C36H46N6O6/c1-24-21-42(25(2)23-43)35(46)28-20-27(38-33(44)16-8-5-9-17-34(45)40-30-15-11-10-14-29(30)37)18-19-31(28)48-32(24)22-41(3)36(47)39-26-12-6-4-7-13-26/h4,6-7,10-15,18-20,24-25,32,43H,5,8-9,16-17,21-23,37H2,1-3H3,(H,38,44)(H,39,47)(H,40,45)/t24-,25+,32+/m1/s1. The van der Waals surface area contributed by atoms with E-state index in [0.29, 0.717) is 60.7 Å². The summed E-state index contributed by atoms with van der Waals surface area (Å²) in [6.45, 7) is 4.04. The van der Waals surface area contributed by atoms with Crippen LogP contribution in [-0.4, -0.2) is 77.5 Å². The van der Waals surface area contributed by atoms with Crippen LogP contribution >= 0.6 is 0 Å². The number of nitrogens with two attached hydrogens (primary N) is 1. The molecule has 3 atom stereocenters. The fourth-order valence-corrected chi connectivity index (χ4v) is 5.41. The average molecular weight is 659 g/mol. The van der Waals surface area contributed by atoms with Gasteiger partial charge in [0.05, 0.1) is 36.1 Å². The predicted molar refractivity (Wildman–Crippen MR) is 187 cm³/mol. The summed E-state index contributed by atoms with van der Waals surface area (Å²) in [5, 5.41) is 18.5. The minimum Gasteiger partial charge on any atom is -0.487 e. The van der Waals surface area contributed by atoms with Gasteiger partial charge in [0.15, 0.2) is 0 Å². The molecule has 0 bridgehead atoms. The first-order valence-electron chi connectivity index (χ1n) is 16.3. The molecule has 0 spiro atoms. The van der Waals surface area contributed by atoms with Crippen molar-refractivity contribution in [3.8, 4) is 5.75 Å². The number of para-hydroxylation sites is 3. The van der Waals surface area contributed by atoms with Crippen molar-refractivity contribution in [3.63, 3.8) is 0 Å². The number of likely N-dealkylation sites (N-methyl/N-ethyl adjacent to an activating group) is 1. The number of nitrogens with zero attached hydrogens (tertiary/aromatic N) is 2. The first-order chi connectivity index (χ1) is 23.0. The van der Waals surface area contributed by atoms with E-state index >= 15 is 0 Å². The van der Waals surface area contributed by atoms with E-state index in [1.165, 1.54) is 4.90 Å². The number of carbonyl (C=O) groups is 4. The molecule has 1 aliphatic heterocycles. The van der Waals surface area contributed by atoms with Gasteiger partial charge in [-0.25, -0.2) is 4.79 Å². The van der Waals surface area contributed by atoms with Gasteiger partial charge in [-0.2, -0.15) is 0 Å². The van der Waals surface area contributed by atoms with Crippen LogP contribution in [0.15, 0.2) is 72.8 Å². The smallest absolute Gasteiger partial charge is 0.321 e. The highest BCUT2D eigenvalue weighted by molar-refractivity contribution is 6.00. The Morgan fingerprint density at radius 1 is 0.938 bits per heavy atom. The Labute approximate surface area is 281 Å². The fraction of sp³-hybridized carbons (Fsp3) is 0.389. The zero-order valence-corrected chi connectivity index (χ0v) is 27.8. The molecule has 3 aromatic rings. The largest absolute Gasteiger partial charge is 0.487 e. The third kappa shape index (κ3) is 9.95. The Kier molecular flexibility index (Phi) is 12.8. The molecule has 1 heterocycles. The number of amides is 5. The number of unbranched alkanes of at least 4 members (excludes halogenated alkanes) is 2. The van der Waals surface area contributed by atoms with E-state index in [0.717, 1.165) is 0 Å². The highest BCUT2D eigenvalue weighted by atomic mass is 16.5. The van der Waals surface area contributed by atoms with Gasteiger partial charge in [-0.15, -0.1) is 0 Å². The summed E-state index contributed by atoms with van der Waals surface area (Å²) in [7, 11) is 1.68. The maximum atomic E-state index is 13.8. The van der Waals surface area contributed by atoms with E-state index in [1.54, 1.807) is 73.5 Å². The van der Waals surface area contributed by atoms with E-state index in [4.69, 9.17) is 10.5 Å². The van der Waals surface area contributed by atoms with Crippen LogP contribution in [0.5, 0.6) is 5.75 Å². The van der Waals surface area contributed by atoms with Gasteiger partial charge in [0.1, 0.15) is 11.9 Å². The van der Waals surface area contributed by atoms with Crippen molar-refractivity contribution in [3.05, 3.63) is 78.4 Å². The number of aliphatic hydroxyl groups is 1. The van der Waals surface area contributed by atoms with Gasteiger partial charge in [-0.1, -0.05) is 43.7 Å². The van der Waals surface area contributed by atoms with Crippen LogP contribution in [-0.2, 0) is 9.59 Å². The molecule has 0 unspecified atom stereocenters. The van der Waals surface area contributed by atoms with Gasteiger partial charge in [0.25, 0.3) is 5.91 Å². The number of fused-ring (bicyclic) bond motifs is 1. The lowest BCUT2D eigenvalue weighted by Crippen LogP contribution is -2.50. The molecule has 6 N–H and O–H groups in total. The molecule has 5 amide bonds. The van der Waals surface area contributed by atoms with Crippen LogP contribution < -0.4 is 26.4 Å². The number of ether oxygens (including phenoxy) is 1. The van der Waals surface area contributed by atoms with Crippen molar-refractivity contribution in [2.75, 3.05) is 48.4 Å². The van der Waals surface area contributed by atoms with Gasteiger partial charge in [0.2, 0.25) is 11.8 Å². The minimum absolute atomic E-state index is 0.131. The second-order valence-electron chi connectivity index (χ2n) is 12.3. The third-order valence-electron chi connectivity index (χ3n) is 8.32. The molecule has 0 saturated heterocycles. The van der Waals surface area contributed by atoms with E-state index in [2.05, 4.69) is 16.0 Å². The number of rotatable bonds is 13. The number of aliphatic hydroxyl groups excluding tert-OH is 1. The molecule has 12 heteroatoms. The summed E-state index contributed by atoms with van der Waals surface area (Å²) >= 11 is 0. The Morgan fingerprint density at radius 2 is 1.60 bits per heavy atom. The van der Waals surface area contributed by atoms with Crippen LogP contribution in [0.25, 0.3) is 0 Å². The second kappa shape index (κ2) is 17.2. The average Bonchev–Trinajstić information content (AvgIpc) is 3.07. The van der Waals surface area contributed by atoms with Crippen molar-refractivity contribution >= 4 is 46.5 Å². The molecule has 0 aromatic heterocycles. The number of benzene rings is 3. The molecular weight excluding hydrogens is 612 g/mol. The van der Waals surface area contributed by atoms with E-state index in [9.17, 15) is 24.3 Å². The molecule has 0 saturated carbocycles. The maximum Gasteiger partial charge on any atom is 0.321 e. The Bertz CT molecular complexity index is 1570. The maximum absolute atomic E-state index is 13.8. The summed E-state index contributed by atoms with van der Waals surface area (Å²) < 4.78 is 6.38. The van der Waals surface area contributed by atoms with Gasteiger partial charge in [-0.3, -0.25) is 14.4 Å². The van der Waals surface area contributed by atoms with E-state index in [-0.39, 0.29) is 54.8 Å². The summed E-state index contributed by atoms with van der Waals surface area (Å²) in [5.41, 5.74) is 8.33.